The molecule has 2 aromatic rings. The van der Waals surface area contributed by atoms with Crippen molar-refractivity contribution >= 4 is 46.4 Å². The fraction of sp³-hybridized carbons (Fsp3) is 0. The number of nitrogens with zero attached hydrogens (tertiary/aromatic N) is 2. The second kappa shape index (κ2) is 5.52. The van der Waals surface area contributed by atoms with Crippen LogP contribution in [-0.2, 0) is 0 Å². The Kier molecular flexibility index (Phi) is 4.01. The van der Waals surface area contributed by atoms with E-state index in [0.717, 1.165) is 0 Å². The summed E-state index contributed by atoms with van der Waals surface area (Å²) in [6.45, 7) is 0. The Balaban J connectivity index is 2.25. The Bertz CT molecular complexity index is 584. The van der Waals surface area contributed by atoms with Crippen molar-refractivity contribution in [3.8, 4) is 0 Å². The van der Waals surface area contributed by atoms with Gasteiger partial charge in [-0.15, -0.1) is 0 Å². The molecule has 0 aromatic carbocycles. The smallest absolute Gasteiger partial charge is 0.255 e. The van der Waals surface area contributed by atoms with Crippen LogP contribution in [0.25, 0.3) is 0 Å². The van der Waals surface area contributed by atoms with Crippen molar-refractivity contribution in [1.29, 1.82) is 0 Å². The summed E-state index contributed by atoms with van der Waals surface area (Å²) in [5.41, 5.74) is 0.702. The second-order valence-corrected chi connectivity index (χ2v) is 4.49. The predicted octanol–water partition coefficient (Wildman–Crippen LogP) is 3.69. The predicted molar refractivity (Wildman–Crippen MR) is 71.5 cm³/mol. The van der Waals surface area contributed by atoms with Gasteiger partial charge in [0.2, 0.25) is 0 Å². The van der Waals surface area contributed by atoms with Gasteiger partial charge in [0.15, 0.2) is 0 Å². The van der Waals surface area contributed by atoms with Gasteiger partial charge in [-0.1, -0.05) is 34.8 Å². The van der Waals surface area contributed by atoms with Gasteiger partial charge in [0.1, 0.15) is 10.3 Å². The maximum atomic E-state index is 11.9. The van der Waals surface area contributed by atoms with E-state index >= 15 is 0 Å². The van der Waals surface area contributed by atoms with Gasteiger partial charge in [0.05, 0.1) is 16.9 Å². The van der Waals surface area contributed by atoms with Gasteiger partial charge in [-0.2, -0.15) is 0 Å². The molecule has 0 saturated heterocycles. The van der Waals surface area contributed by atoms with Crippen molar-refractivity contribution in [2.75, 3.05) is 5.32 Å². The van der Waals surface area contributed by atoms with E-state index in [2.05, 4.69) is 15.3 Å². The first-order chi connectivity index (χ1) is 8.56. The van der Waals surface area contributed by atoms with Crippen molar-refractivity contribution in [1.82, 2.24) is 9.97 Å². The number of amides is 1. The Labute approximate surface area is 118 Å². The fourth-order valence-corrected chi connectivity index (χ4v) is 1.87. The molecule has 0 atom stereocenters. The lowest BCUT2D eigenvalue weighted by Gasteiger charge is -2.06. The van der Waals surface area contributed by atoms with E-state index in [-0.39, 0.29) is 10.3 Å². The van der Waals surface area contributed by atoms with E-state index in [1.54, 1.807) is 6.07 Å². The van der Waals surface area contributed by atoms with Crippen molar-refractivity contribution in [3.63, 3.8) is 0 Å². The van der Waals surface area contributed by atoms with Gasteiger partial charge in [0.25, 0.3) is 5.91 Å². The molecule has 4 nitrogen and oxygen atoms in total. The molecule has 0 saturated carbocycles. The molecule has 0 aliphatic heterocycles. The fourth-order valence-electron chi connectivity index (χ4n) is 1.26. The standard InChI is InChI=1S/C11H6Cl3N3O/c12-7-1-2-15-5-8(7)16-11(18)6-3-9(13)17-10(14)4-6/h1-5H,(H,16,18). The van der Waals surface area contributed by atoms with Crippen LogP contribution in [0.5, 0.6) is 0 Å². The molecule has 0 aliphatic rings. The van der Waals surface area contributed by atoms with E-state index in [4.69, 9.17) is 34.8 Å². The van der Waals surface area contributed by atoms with Crippen LogP contribution in [0, 0.1) is 0 Å². The number of hydrogen-bond donors (Lipinski definition) is 1. The van der Waals surface area contributed by atoms with Crippen LogP contribution in [0.1, 0.15) is 10.4 Å². The molecule has 0 spiro atoms. The molecule has 0 unspecified atom stereocenters. The Morgan fingerprint density at radius 1 is 1.17 bits per heavy atom. The average molecular weight is 303 g/mol. The number of rotatable bonds is 2. The Morgan fingerprint density at radius 2 is 1.83 bits per heavy atom. The summed E-state index contributed by atoms with van der Waals surface area (Å²) in [4.78, 5) is 19.5. The first-order valence-corrected chi connectivity index (χ1v) is 5.93. The minimum Gasteiger partial charge on any atom is -0.319 e. The molecule has 0 bridgehead atoms. The average Bonchev–Trinajstić information content (AvgIpc) is 2.31. The third kappa shape index (κ3) is 3.10. The van der Waals surface area contributed by atoms with Crippen molar-refractivity contribution in [2.24, 2.45) is 0 Å². The zero-order valence-electron chi connectivity index (χ0n) is 8.82. The number of nitrogens with one attached hydrogen (secondary N) is 1. The highest BCUT2D eigenvalue weighted by Gasteiger charge is 2.10. The van der Waals surface area contributed by atoms with Gasteiger partial charge in [-0.25, -0.2) is 4.98 Å². The van der Waals surface area contributed by atoms with Gasteiger partial charge >= 0.3 is 0 Å². The number of hydrogen-bond acceptors (Lipinski definition) is 3. The zero-order valence-corrected chi connectivity index (χ0v) is 11.1. The molecular weight excluding hydrogens is 296 g/mol. The lowest BCUT2D eigenvalue weighted by molar-refractivity contribution is 0.102. The quantitative estimate of drug-likeness (QED) is 0.861. The van der Waals surface area contributed by atoms with Gasteiger partial charge < -0.3 is 5.32 Å². The maximum absolute atomic E-state index is 11.9. The third-order valence-electron chi connectivity index (χ3n) is 2.04. The molecule has 0 aliphatic carbocycles. The number of carbonyl (C=O) groups is 1. The third-order valence-corrected chi connectivity index (χ3v) is 2.76. The van der Waals surface area contributed by atoms with E-state index in [9.17, 15) is 4.79 Å². The molecule has 7 heteroatoms. The zero-order chi connectivity index (χ0) is 13.1. The maximum Gasteiger partial charge on any atom is 0.255 e. The van der Waals surface area contributed by atoms with Gasteiger partial charge in [-0.3, -0.25) is 9.78 Å². The van der Waals surface area contributed by atoms with Crippen LogP contribution in [-0.4, -0.2) is 15.9 Å². The first kappa shape index (κ1) is 13.1. The summed E-state index contributed by atoms with van der Waals surface area (Å²) in [6.07, 6.45) is 2.98. The minimum atomic E-state index is -0.392. The van der Waals surface area contributed by atoms with Crippen LogP contribution >= 0.6 is 34.8 Å². The lowest BCUT2D eigenvalue weighted by Crippen LogP contribution is -2.12. The number of halogens is 3. The summed E-state index contributed by atoms with van der Waals surface area (Å²) < 4.78 is 0. The van der Waals surface area contributed by atoms with Crippen LogP contribution in [0.4, 0.5) is 5.69 Å². The van der Waals surface area contributed by atoms with Gasteiger partial charge in [-0.05, 0) is 18.2 Å². The molecule has 0 fully saturated rings. The SMILES string of the molecule is O=C(Nc1cnccc1Cl)c1cc(Cl)nc(Cl)c1. The second-order valence-electron chi connectivity index (χ2n) is 3.31. The van der Waals surface area contributed by atoms with Crippen LogP contribution in [0.2, 0.25) is 15.3 Å². The summed E-state index contributed by atoms with van der Waals surface area (Å²) in [6, 6.07) is 4.39. The van der Waals surface area contributed by atoms with Crippen LogP contribution in [0.3, 0.4) is 0 Å². The normalized spacial score (nSPS) is 10.2. The van der Waals surface area contributed by atoms with Gasteiger partial charge in [0, 0.05) is 11.8 Å². The Hall–Kier alpha value is -1.36. The van der Waals surface area contributed by atoms with E-state index in [1.165, 1.54) is 24.5 Å². The summed E-state index contributed by atoms with van der Waals surface area (Å²) in [5, 5.41) is 3.28. The van der Waals surface area contributed by atoms with Crippen LogP contribution in [0.15, 0.2) is 30.6 Å². The molecule has 2 aromatic heterocycles. The van der Waals surface area contributed by atoms with Crippen LogP contribution < -0.4 is 5.32 Å². The number of carbonyl (C=O) groups excluding carboxylic acids is 1. The first-order valence-electron chi connectivity index (χ1n) is 4.80. The summed E-state index contributed by atoms with van der Waals surface area (Å²) >= 11 is 17.3. The molecule has 1 N–H and O–H groups in total. The van der Waals surface area contributed by atoms with Crippen molar-refractivity contribution in [2.45, 2.75) is 0 Å². The summed E-state index contributed by atoms with van der Waals surface area (Å²) in [5.74, 6) is -0.392. The monoisotopic (exact) mass is 301 g/mol. The molecular formula is C11H6Cl3N3O. The van der Waals surface area contributed by atoms with Crippen molar-refractivity contribution < 1.29 is 4.79 Å². The highest BCUT2D eigenvalue weighted by atomic mass is 35.5. The minimum absolute atomic E-state index is 0.143. The summed E-state index contributed by atoms with van der Waals surface area (Å²) in [7, 11) is 0. The van der Waals surface area contributed by atoms with E-state index < -0.39 is 5.91 Å². The molecule has 92 valence electrons. The number of anilines is 1. The van der Waals surface area contributed by atoms with E-state index in [0.29, 0.717) is 16.3 Å². The number of aromatic nitrogens is 2. The van der Waals surface area contributed by atoms with Crippen molar-refractivity contribution in [3.05, 3.63) is 51.5 Å². The molecule has 18 heavy (non-hydrogen) atoms. The molecule has 2 heterocycles. The molecule has 2 rings (SSSR count). The highest BCUT2D eigenvalue weighted by Crippen LogP contribution is 2.21. The highest BCUT2D eigenvalue weighted by molar-refractivity contribution is 6.34. The number of pyridine rings is 2. The lowest BCUT2D eigenvalue weighted by atomic mass is 10.2. The molecule has 1 amide bonds. The van der Waals surface area contributed by atoms with E-state index in [1.807, 2.05) is 0 Å². The Morgan fingerprint density at radius 3 is 2.44 bits per heavy atom. The largest absolute Gasteiger partial charge is 0.319 e. The molecule has 0 radical (unpaired) electrons. The topological polar surface area (TPSA) is 54.9 Å².